The Hall–Kier alpha value is -0.220. The Balaban J connectivity index is 3.72. The summed E-state index contributed by atoms with van der Waals surface area (Å²) >= 11 is 1.53. The van der Waals surface area contributed by atoms with Crippen LogP contribution in [0.1, 0.15) is 20.8 Å². The summed E-state index contributed by atoms with van der Waals surface area (Å²) in [7, 11) is 0. The fourth-order valence-electron chi connectivity index (χ4n) is 0.566. The summed E-state index contributed by atoms with van der Waals surface area (Å²) in [6, 6.07) is 0. The van der Waals surface area contributed by atoms with E-state index in [0.717, 1.165) is 0 Å². The standard InChI is InChI=1S/C8H18N2OS/c1-6(12-4)7(11)10-5-8(2,3)9/h6H,5,9H2,1-4H3,(H,10,11). The van der Waals surface area contributed by atoms with Gasteiger partial charge in [0.2, 0.25) is 5.91 Å². The van der Waals surface area contributed by atoms with Crippen LogP contribution in [-0.2, 0) is 4.79 Å². The van der Waals surface area contributed by atoms with Gasteiger partial charge in [0.1, 0.15) is 0 Å². The Kier molecular flexibility index (Phi) is 4.63. The molecule has 0 saturated heterocycles. The highest BCUT2D eigenvalue weighted by Crippen LogP contribution is 2.04. The molecule has 1 amide bonds. The van der Waals surface area contributed by atoms with Crippen LogP contribution in [0.4, 0.5) is 0 Å². The summed E-state index contributed by atoms with van der Waals surface area (Å²) in [5, 5.41) is 2.80. The monoisotopic (exact) mass is 190 g/mol. The van der Waals surface area contributed by atoms with Crippen molar-refractivity contribution < 1.29 is 4.79 Å². The van der Waals surface area contributed by atoms with Crippen molar-refractivity contribution in [3.63, 3.8) is 0 Å². The van der Waals surface area contributed by atoms with E-state index in [1.807, 2.05) is 27.0 Å². The maximum atomic E-state index is 11.2. The van der Waals surface area contributed by atoms with E-state index in [9.17, 15) is 4.79 Å². The van der Waals surface area contributed by atoms with Gasteiger partial charge in [-0.05, 0) is 27.0 Å². The number of amides is 1. The lowest BCUT2D eigenvalue weighted by molar-refractivity contribution is -0.120. The zero-order chi connectivity index (χ0) is 9.78. The van der Waals surface area contributed by atoms with Crippen molar-refractivity contribution in [3.8, 4) is 0 Å². The van der Waals surface area contributed by atoms with Crippen LogP contribution in [-0.4, -0.2) is 29.5 Å². The van der Waals surface area contributed by atoms with Crippen molar-refractivity contribution >= 4 is 17.7 Å². The SMILES string of the molecule is CSC(C)C(=O)NCC(C)(C)N. The first-order valence-electron chi connectivity index (χ1n) is 3.96. The lowest BCUT2D eigenvalue weighted by atomic mass is 10.1. The highest BCUT2D eigenvalue weighted by atomic mass is 32.2. The molecular weight excluding hydrogens is 172 g/mol. The first-order valence-corrected chi connectivity index (χ1v) is 5.25. The molecule has 3 nitrogen and oxygen atoms in total. The van der Waals surface area contributed by atoms with Crippen LogP contribution < -0.4 is 11.1 Å². The fraction of sp³-hybridized carbons (Fsp3) is 0.875. The highest BCUT2D eigenvalue weighted by Gasteiger charge is 2.15. The van der Waals surface area contributed by atoms with Gasteiger partial charge in [-0.2, -0.15) is 11.8 Å². The molecular formula is C8H18N2OS. The first-order chi connectivity index (χ1) is 5.37. The van der Waals surface area contributed by atoms with E-state index < -0.39 is 0 Å². The van der Waals surface area contributed by atoms with Crippen molar-refractivity contribution in [3.05, 3.63) is 0 Å². The topological polar surface area (TPSA) is 55.1 Å². The molecule has 0 radical (unpaired) electrons. The molecule has 0 aromatic carbocycles. The molecule has 0 heterocycles. The molecule has 0 aliphatic rings. The average molecular weight is 190 g/mol. The molecule has 0 bridgehead atoms. The van der Waals surface area contributed by atoms with Crippen molar-refractivity contribution in [2.24, 2.45) is 5.73 Å². The summed E-state index contributed by atoms with van der Waals surface area (Å²) in [6.45, 7) is 6.17. The number of rotatable bonds is 4. The molecule has 0 aromatic rings. The molecule has 1 unspecified atom stereocenters. The van der Waals surface area contributed by atoms with E-state index in [1.165, 1.54) is 11.8 Å². The molecule has 0 rings (SSSR count). The van der Waals surface area contributed by atoms with Gasteiger partial charge in [0.15, 0.2) is 0 Å². The maximum absolute atomic E-state index is 11.2. The molecule has 0 aromatic heterocycles. The van der Waals surface area contributed by atoms with Crippen LogP contribution in [0.2, 0.25) is 0 Å². The lowest BCUT2D eigenvalue weighted by Crippen LogP contribution is -2.46. The number of nitrogens with one attached hydrogen (secondary N) is 1. The number of hydrogen-bond donors (Lipinski definition) is 2. The second-order valence-electron chi connectivity index (χ2n) is 3.58. The zero-order valence-electron chi connectivity index (χ0n) is 8.18. The lowest BCUT2D eigenvalue weighted by Gasteiger charge is -2.20. The molecule has 0 saturated carbocycles. The molecule has 0 spiro atoms. The van der Waals surface area contributed by atoms with Gasteiger partial charge in [-0.1, -0.05) is 0 Å². The molecule has 4 heteroatoms. The minimum Gasteiger partial charge on any atom is -0.353 e. The Bertz CT molecular complexity index is 154. The van der Waals surface area contributed by atoms with Gasteiger partial charge in [0.25, 0.3) is 0 Å². The van der Waals surface area contributed by atoms with Gasteiger partial charge in [-0.15, -0.1) is 0 Å². The van der Waals surface area contributed by atoms with Crippen molar-refractivity contribution in [2.45, 2.75) is 31.6 Å². The quantitative estimate of drug-likeness (QED) is 0.682. The highest BCUT2D eigenvalue weighted by molar-refractivity contribution is 7.99. The first kappa shape index (κ1) is 11.8. The van der Waals surface area contributed by atoms with Crippen molar-refractivity contribution in [1.29, 1.82) is 0 Å². The van der Waals surface area contributed by atoms with Gasteiger partial charge < -0.3 is 11.1 Å². The summed E-state index contributed by atoms with van der Waals surface area (Å²) < 4.78 is 0. The minimum absolute atomic E-state index is 0.00681. The van der Waals surface area contributed by atoms with E-state index in [-0.39, 0.29) is 16.7 Å². The number of carbonyl (C=O) groups is 1. The maximum Gasteiger partial charge on any atom is 0.232 e. The molecule has 3 N–H and O–H groups in total. The van der Waals surface area contributed by atoms with E-state index in [2.05, 4.69) is 5.32 Å². The fourth-order valence-corrected chi connectivity index (χ4v) is 0.863. The average Bonchev–Trinajstić information content (AvgIpc) is 1.97. The summed E-state index contributed by atoms with van der Waals surface area (Å²) in [5.41, 5.74) is 5.38. The Morgan fingerprint density at radius 1 is 1.67 bits per heavy atom. The van der Waals surface area contributed by atoms with Gasteiger partial charge in [-0.25, -0.2) is 0 Å². The molecule has 0 aliphatic carbocycles. The van der Waals surface area contributed by atoms with E-state index >= 15 is 0 Å². The van der Waals surface area contributed by atoms with E-state index in [4.69, 9.17) is 5.73 Å². The van der Waals surface area contributed by atoms with Gasteiger partial charge in [0, 0.05) is 12.1 Å². The largest absolute Gasteiger partial charge is 0.353 e. The number of nitrogens with two attached hydrogens (primary N) is 1. The minimum atomic E-state index is -0.326. The molecule has 1 atom stereocenters. The van der Waals surface area contributed by atoms with Crippen molar-refractivity contribution in [2.75, 3.05) is 12.8 Å². The van der Waals surface area contributed by atoms with Crippen LogP contribution in [0.5, 0.6) is 0 Å². The predicted octanol–water partition coefficient (Wildman–Crippen LogP) is 0.591. The number of hydrogen-bond acceptors (Lipinski definition) is 3. The van der Waals surface area contributed by atoms with Crippen LogP contribution in [0.3, 0.4) is 0 Å². The van der Waals surface area contributed by atoms with E-state index in [0.29, 0.717) is 6.54 Å². The molecule has 0 aliphatic heterocycles. The molecule has 72 valence electrons. The number of carbonyl (C=O) groups excluding carboxylic acids is 1. The van der Waals surface area contributed by atoms with Gasteiger partial charge in [0.05, 0.1) is 5.25 Å². The van der Waals surface area contributed by atoms with Gasteiger partial charge >= 0.3 is 0 Å². The van der Waals surface area contributed by atoms with Crippen LogP contribution in [0, 0.1) is 0 Å². The van der Waals surface area contributed by atoms with Crippen LogP contribution in [0.15, 0.2) is 0 Å². The smallest absolute Gasteiger partial charge is 0.232 e. The summed E-state index contributed by atoms with van der Waals surface area (Å²) in [5.74, 6) is 0.0565. The van der Waals surface area contributed by atoms with Crippen LogP contribution in [0.25, 0.3) is 0 Å². The summed E-state index contributed by atoms with van der Waals surface area (Å²) in [6.07, 6.45) is 1.91. The second kappa shape index (κ2) is 4.72. The van der Waals surface area contributed by atoms with Crippen molar-refractivity contribution in [1.82, 2.24) is 5.32 Å². The summed E-state index contributed by atoms with van der Waals surface area (Å²) in [4.78, 5) is 11.2. The molecule has 0 fully saturated rings. The van der Waals surface area contributed by atoms with E-state index in [1.54, 1.807) is 0 Å². The van der Waals surface area contributed by atoms with Crippen LogP contribution >= 0.6 is 11.8 Å². The Morgan fingerprint density at radius 3 is 2.50 bits per heavy atom. The Morgan fingerprint density at radius 2 is 2.17 bits per heavy atom. The third kappa shape index (κ3) is 5.43. The number of thioether (sulfide) groups is 1. The predicted molar refractivity (Wildman–Crippen MR) is 54.3 cm³/mol. The zero-order valence-corrected chi connectivity index (χ0v) is 8.99. The van der Waals surface area contributed by atoms with Gasteiger partial charge in [-0.3, -0.25) is 4.79 Å². The second-order valence-corrected chi connectivity index (χ2v) is 4.76. The third-order valence-corrected chi connectivity index (χ3v) is 2.36. The Labute approximate surface area is 78.5 Å². The molecule has 12 heavy (non-hydrogen) atoms. The normalized spacial score (nSPS) is 14.1. The third-order valence-electron chi connectivity index (χ3n) is 1.44.